The van der Waals surface area contributed by atoms with E-state index in [9.17, 15) is 0 Å². The molecule has 11 aromatic rings. The third kappa shape index (κ3) is 5.86. The molecule has 7 heteroatoms. The van der Waals surface area contributed by atoms with E-state index in [2.05, 4.69) is 209 Å². The Morgan fingerprint density at radius 1 is 0.492 bits per heavy atom. The third-order valence-electron chi connectivity index (χ3n) is 11.5. The van der Waals surface area contributed by atoms with E-state index in [1.807, 2.05) is 18.3 Å². The van der Waals surface area contributed by atoms with E-state index in [4.69, 9.17) is 15.1 Å². The Morgan fingerprint density at radius 2 is 1.14 bits per heavy atom. The van der Waals surface area contributed by atoms with Gasteiger partial charge in [-0.15, -0.1) is 0 Å². The second-order valence-corrected chi connectivity index (χ2v) is 14.9. The summed E-state index contributed by atoms with van der Waals surface area (Å²) in [6, 6.07) is 70.8. The summed E-state index contributed by atoms with van der Waals surface area (Å²) in [7, 11) is 2.10. The molecule has 0 bridgehead atoms. The number of pyridine rings is 1. The van der Waals surface area contributed by atoms with Gasteiger partial charge in [0.15, 0.2) is 0 Å². The van der Waals surface area contributed by atoms with Gasteiger partial charge in [0.1, 0.15) is 11.6 Å². The summed E-state index contributed by atoms with van der Waals surface area (Å²) < 4.78 is 6.63. The summed E-state index contributed by atoms with van der Waals surface area (Å²) in [4.78, 5) is 10.0. The maximum Gasteiger partial charge on any atom is 0.247 e. The molecule has 0 aliphatic heterocycles. The first kappa shape index (κ1) is 34.5. The van der Waals surface area contributed by atoms with E-state index in [0.717, 1.165) is 83.9 Å². The first-order valence-electron chi connectivity index (χ1n) is 20.0. The molecule has 278 valence electrons. The largest absolute Gasteiger partial charge is 0.327 e. The summed E-state index contributed by atoms with van der Waals surface area (Å²) in [5.74, 6) is 1.80. The van der Waals surface area contributed by atoms with Crippen molar-refractivity contribution in [2.24, 2.45) is 7.05 Å². The molecular formula is C52H37BN6. The molecule has 7 aromatic carbocycles. The van der Waals surface area contributed by atoms with Crippen LogP contribution in [-0.4, -0.2) is 35.6 Å². The maximum absolute atomic E-state index is 5.57. The van der Waals surface area contributed by atoms with Crippen molar-refractivity contribution in [3.8, 4) is 45.4 Å². The number of rotatable bonds is 8. The molecule has 0 radical (unpaired) electrons. The zero-order valence-electron chi connectivity index (χ0n) is 32.4. The Kier molecular flexibility index (Phi) is 8.37. The van der Waals surface area contributed by atoms with E-state index in [-0.39, 0.29) is 6.71 Å². The van der Waals surface area contributed by atoms with Crippen LogP contribution in [0.1, 0.15) is 0 Å². The van der Waals surface area contributed by atoms with E-state index in [0.29, 0.717) is 0 Å². The summed E-state index contributed by atoms with van der Waals surface area (Å²) in [6.07, 6.45) is 1.87. The van der Waals surface area contributed by atoms with Gasteiger partial charge in [-0.05, 0) is 59.6 Å². The predicted molar refractivity (Wildman–Crippen MR) is 244 cm³/mol. The Labute approximate surface area is 342 Å². The van der Waals surface area contributed by atoms with Crippen molar-refractivity contribution in [3.05, 3.63) is 206 Å². The maximum atomic E-state index is 5.57. The molecular weight excluding hydrogens is 719 g/mol. The van der Waals surface area contributed by atoms with Crippen LogP contribution in [0.25, 0.3) is 78.2 Å². The molecule has 0 amide bonds. The SMILES string of the molecule is Cn1c(-c2cccc(B(c3ccc4c5ccccc5n(-c5ccccn5)c4c3)c3c(-c4ccccc4)nn(-c4ccccc4)c3-c3ccccc3)c2)nc2ccccc21. The fourth-order valence-corrected chi connectivity index (χ4v) is 8.83. The van der Waals surface area contributed by atoms with Gasteiger partial charge in [-0.25, -0.2) is 14.6 Å². The molecule has 0 atom stereocenters. The Bertz CT molecular complexity index is 3280. The van der Waals surface area contributed by atoms with Crippen LogP contribution in [-0.2, 0) is 7.05 Å². The van der Waals surface area contributed by atoms with Crippen LogP contribution < -0.4 is 16.4 Å². The van der Waals surface area contributed by atoms with Gasteiger partial charge < -0.3 is 4.57 Å². The van der Waals surface area contributed by atoms with Gasteiger partial charge in [0.2, 0.25) is 6.71 Å². The van der Waals surface area contributed by atoms with Crippen molar-refractivity contribution in [3.63, 3.8) is 0 Å². The lowest BCUT2D eigenvalue weighted by Gasteiger charge is -2.20. The predicted octanol–water partition coefficient (Wildman–Crippen LogP) is 9.77. The highest BCUT2D eigenvalue weighted by atomic mass is 15.3. The highest BCUT2D eigenvalue weighted by Crippen LogP contribution is 2.33. The first-order valence-corrected chi connectivity index (χ1v) is 20.0. The van der Waals surface area contributed by atoms with E-state index < -0.39 is 0 Å². The topological polar surface area (TPSA) is 53.5 Å². The lowest BCUT2D eigenvalue weighted by Crippen LogP contribution is -2.53. The first-order chi connectivity index (χ1) is 29.2. The highest BCUT2D eigenvalue weighted by Gasteiger charge is 2.34. The van der Waals surface area contributed by atoms with Crippen molar-refractivity contribution in [2.45, 2.75) is 0 Å². The Hall–Kier alpha value is -7.77. The van der Waals surface area contributed by atoms with Gasteiger partial charge in [0.25, 0.3) is 0 Å². The van der Waals surface area contributed by atoms with Crippen LogP contribution in [0.15, 0.2) is 206 Å². The quantitative estimate of drug-likeness (QED) is 0.145. The van der Waals surface area contributed by atoms with Gasteiger partial charge in [-0.1, -0.05) is 163 Å². The minimum Gasteiger partial charge on any atom is -0.327 e. The van der Waals surface area contributed by atoms with Crippen LogP contribution in [0.2, 0.25) is 0 Å². The Morgan fingerprint density at radius 3 is 1.90 bits per heavy atom. The zero-order valence-corrected chi connectivity index (χ0v) is 32.4. The van der Waals surface area contributed by atoms with Crippen LogP contribution in [0.3, 0.4) is 0 Å². The van der Waals surface area contributed by atoms with Crippen molar-refractivity contribution in [1.29, 1.82) is 0 Å². The Balaban J connectivity index is 1.25. The molecule has 0 fully saturated rings. The molecule has 0 unspecified atom stereocenters. The number of imidazole rings is 1. The normalized spacial score (nSPS) is 11.5. The van der Waals surface area contributed by atoms with Crippen LogP contribution in [0.5, 0.6) is 0 Å². The van der Waals surface area contributed by atoms with Gasteiger partial charge in [-0.2, -0.15) is 5.10 Å². The minimum atomic E-state index is -0.257. The molecule has 0 spiro atoms. The van der Waals surface area contributed by atoms with Crippen molar-refractivity contribution in [2.75, 3.05) is 0 Å². The van der Waals surface area contributed by atoms with Crippen LogP contribution in [0.4, 0.5) is 0 Å². The second kappa shape index (κ2) is 14.3. The summed E-state index contributed by atoms with van der Waals surface area (Å²) >= 11 is 0. The zero-order chi connectivity index (χ0) is 39.3. The monoisotopic (exact) mass is 756 g/mol. The summed E-state index contributed by atoms with van der Waals surface area (Å²) in [5.41, 5.74) is 13.8. The number of aryl methyl sites for hydroxylation is 1. The van der Waals surface area contributed by atoms with Gasteiger partial charge in [0.05, 0.1) is 39.1 Å². The lowest BCUT2D eigenvalue weighted by molar-refractivity contribution is 0.892. The third-order valence-corrected chi connectivity index (χ3v) is 11.5. The lowest BCUT2D eigenvalue weighted by atomic mass is 9.35. The number of hydrogen-bond acceptors (Lipinski definition) is 3. The van der Waals surface area contributed by atoms with E-state index >= 15 is 0 Å². The van der Waals surface area contributed by atoms with Crippen LogP contribution >= 0.6 is 0 Å². The molecule has 0 saturated heterocycles. The molecule has 0 aliphatic carbocycles. The average Bonchev–Trinajstić information content (AvgIpc) is 3.97. The molecule has 11 rings (SSSR count). The number of nitrogens with zero attached hydrogens (tertiary/aromatic N) is 6. The molecule has 0 N–H and O–H groups in total. The number of para-hydroxylation sites is 4. The van der Waals surface area contributed by atoms with Crippen molar-refractivity contribution < 1.29 is 0 Å². The molecule has 0 aliphatic rings. The van der Waals surface area contributed by atoms with Crippen molar-refractivity contribution in [1.82, 2.24) is 28.9 Å². The molecule has 4 aromatic heterocycles. The molecule has 4 heterocycles. The fourth-order valence-electron chi connectivity index (χ4n) is 8.83. The molecule has 0 saturated carbocycles. The number of fused-ring (bicyclic) bond motifs is 4. The highest BCUT2D eigenvalue weighted by molar-refractivity contribution is 6.97. The van der Waals surface area contributed by atoms with E-state index in [1.54, 1.807) is 0 Å². The molecule has 6 nitrogen and oxygen atoms in total. The van der Waals surface area contributed by atoms with Crippen molar-refractivity contribution >= 4 is 55.9 Å². The van der Waals surface area contributed by atoms with Gasteiger partial charge in [0, 0.05) is 35.1 Å². The summed E-state index contributed by atoms with van der Waals surface area (Å²) in [6.45, 7) is -0.257. The average molecular weight is 757 g/mol. The fraction of sp³-hybridized carbons (Fsp3) is 0.0192. The number of hydrogen-bond donors (Lipinski definition) is 0. The molecule has 59 heavy (non-hydrogen) atoms. The number of benzene rings is 7. The van der Waals surface area contributed by atoms with Gasteiger partial charge in [-0.3, -0.25) is 4.57 Å². The standard InChI is InChI=1S/C52H37BN6/c1-57-46-29-14-12-27-44(46)55-52(57)38-22-17-23-39(34-38)53(40-31-32-43-42-26-11-13-28-45(42)58(47(43)35-40)48-30-15-16-33-54-48)49-50(36-18-5-2-6-19-36)56-59(41-24-9-4-10-25-41)51(49)37-20-7-3-8-21-37/h2-35H,1H3. The van der Waals surface area contributed by atoms with E-state index in [1.165, 1.54) is 10.8 Å². The van der Waals surface area contributed by atoms with Crippen LogP contribution in [0, 0.1) is 0 Å². The van der Waals surface area contributed by atoms with Gasteiger partial charge >= 0.3 is 0 Å². The smallest absolute Gasteiger partial charge is 0.247 e. The number of aromatic nitrogens is 6. The second-order valence-electron chi connectivity index (χ2n) is 14.9. The minimum absolute atomic E-state index is 0.257. The summed E-state index contributed by atoms with van der Waals surface area (Å²) in [5, 5.41) is 7.93.